The minimum absolute atomic E-state index is 0.0333. The Morgan fingerprint density at radius 2 is 1.07 bits per heavy atom. The maximum Gasteiger partial charge on any atom is 0.0979 e. The number of rotatable bonds is 2. The van der Waals surface area contributed by atoms with Crippen molar-refractivity contribution in [2.24, 2.45) is 0 Å². The highest BCUT2D eigenvalue weighted by molar-refractivity contribution is 6.23. The van der Waals surface area contributed by atoms with E-state index >= 15 is 0 Å². The third-order valence-electron chi connectivity index (χ3n) is 8.28. The minimum Gasteiger partial charge on any atom is -0.335 e. The van der Waals surface area contributed by atoms with Crippen molar-refractivity contribution in [3.05, 3.63) is 121 Å². The summed E-state index contributed by atoms with van der Waals surface area (Å²) in [4.78, 5) is 10.3. The number of hydrogen-bond acceptors (Lipinski definition) is 2. The van der Waals surface area contributed by atoms with Gasteiger partial charge in [0.2, 0.25) is 0 Å². The highest BCUT2D eigenvalue weighted by Gasteiger charge is 2.21. The zero-order valence-corrected chi connectivity index (χ0v) is 23.4. The van der Waals surface area contributed by atoms with E-state index < -0.39 is 0 Å². The van der Waals surface area contributed by atoms with Crippen LogP contribution in [0.15, 0.2) is 121 Å². The molecule has 6 aromatic carbocycles. The van der Waals surface area contributed by atoms with Gasteiger partial charge in [0, 0.05) is 43.7 Å². The Kier molecular flexibility index (Phi) is 5.08. The molecule has 0 fully saturated rings. The van der Waals surface area contributed by atoms with Crippen LogP contribution in [0.3, 0.4) is 0 Å². The minimum atomic E-state index is -0.0333. The Morgan fingerprint density at radius 1 is 0.512 bits per heavy atom. The lowest BCUT2D eigenvalue weighted by molar-refractivity contribution is 0.423. The summed E-state index contributed by atoms with van der Waals surface area (Å²) in [6, 6.07) is 41.2. The summed E-state index contributed by atoms with van der Waals surface area (Å²) in [5.74, 6) is 0. The lowest BCUT2D eigenvalue weighted by Gasteiger charge is -2.24. The first-order valence-electron chi connectivity index (χ1n) is 14.2. The number of para-hydroxylation sites is 1. The van der Waals surface area contributed by atoms with E-state index in [2.05, 4.69) is 141 Å². The van der Waals surface area contributed by atoms with Crippen LogP contribution >= 0.6 is 0 Å². The van der Waals surface area contributed by atoms with Crippen molar-refractivity contribution in [2.75, 3.05) is 0 Å². The molecular weight excluding hydrogens is 498 g/mol. The van der Waals surface area contributed by atoms with Crippen molar-refractivity contribution in [3.63, 3.8) is 0 Å². The van der Waals surface area contributed by atoms with Gasteiger partial charge >= 0.3 is 0 Å². The van der Waals surface area contributed by atoms with Gasteiger partial charge in [-0.2, -0.15) is 0 Å². The summed E-state index contributed by atoms with van der Waals surface area (Å²) in [7, 11) is 0. The summed E-state index contributed by atoms with van der Waals surface area (Å²) in [6.45, 7) is 6.81. The summed E-state index contributed by atoms with van der Waals surface area (Å²) < 4.78 is 2.46. The predicted octanol–water partition coefficient (Wildman–Crippen LogP) is 10.1. The van der Waals surface area contributed by atoms with Crippen LogP contribution in [0.4, 0.5) is 0 Å². The first-order chi connectivity index (χ1) is 20.0. The van der Waals surface area contributed by atoms with Crippen molar-refractivity contribution in [2.45, 2.75) is 26.3 Å². The largest absolute Gasteiger partial charge is 0.335 e. The van der Waals surface area contributed by atoms with Crippen LogP contribution in [0.5, 0.6) is 0 Å². The highest BCUT2D eigenvalue weighted by Crippen LogP contribution is 2.39. The van der Waals surface area contributed by atoms with Gasteiger partial charge in [0.15, 0.2) is 0 Å². The lowest BCUT2D eigenvalue weighted by Crippen LogP contribution is -2.21. The molecule has 0 saturated heterocycles. The molecule has 0 unspecified atom stereocenters. The van der Waals surface area contributed by atoms with Gasteiger partial charge in [-0.05, 0) is 60.9 Å². The number of fused-ring (bicyclic) bond motifs is 9. The van der Waals surface area contributed by atoms with E-state index in [0.717, 1.165) is 38.6 Å². The highest BCUT2D eigenvalue weighted by atomic mass is 15.0. The fourth-order valence-corrected chi connectivity index (χ4v) is 6.57. The van der Waals surface area contributed by atoms with Gasteiger partial charge in [-0.1, -0.05) is 97.1 Å². The normalized spacial score (nSPS) is 12.3. The smallest absolute Gasteiger partial charge is 0.0979 e. The second-order valence-electron chi connectivity index (χ2n) is 11.8. The Balaban J connectivity index is 1.37. The second kappa shape index (κ2) is 8.74. The molecule has 0 aliphatic heterocycles. The lowest BCUT2D eigenvalue weighted by atomic mass is 9.95. The maximum atomic E-state index is 5.29. The third-order valence-corrected chi connectivity index (χ3v) is 8.28. The van der Waals surface area contributed by atoms with Crippen LogP contribution in [0.2, 0.25) is 0 Å². The number of benzene rings is 6. The van der Waals surface area contributed by atoms with Crippen LogP contribution in [-0.2, 0) is 5.54 Å². The van der Waals surface area contributed by atoms with E-state index in [-0.39, 0.29) is 5.54 Å². The Bertz CT molecular complexity index is 2270. The first-order valence-corrected chi connectivity index (χ1v) is 14.2. The molecule has 0 saturated carbocycles. The first kappa shape index (κ1) is 23.8. The van der Waals surface area contributed by atoms with E-state index in [1.54, 1.807) is 0 Å². The molecule has 196 valence electrons. The van der Waals surface area contributed by atoms with Gasteiger partial charge in [-0.25, -0.2) is 4.98 Å². The average Bonchev–Trinajstić information content (AvgIpc) is 3.35. The van der Waals surface area contributed by atoms with Crippen LogP contribution in [0, 0.1) is 0 Å². The molecule has 0 N–H and O–H groups in total. The molecule has 8 rings (SSSR count). The van der Waals surface area contributed by atoms with Crippen molar-refractivity contribution in [1.82, 2.24) is 14.5 Å². The van der Waals surface area contributed by atoms with Crippen molar-refractivity contribution in [3.8, 4) is 22.4 Å². The second-order valence-corrected chi connectivity index (χ2v) is 11.8. The molecule has 0 aliphatic carbocycles. The molecule has 0 radical (unpaired) electrons. The SMILES string of the molecule is CC(C)(C)n1c2ccccc2c2cc(-c3ccccc3-c3cnc4c5ccccc5c5ccccc5c4n3)ccc21. The fraction of sp³-hybridized carbons (Fsp3) is 0.105. The molecule has 0 amide bonds. The van der Waals surface area contributed by atoms with E-state index in [1.165, 1.54) is 38.1 Å². The van der Waals surface area contributed by atoms with Crippen LogP contribution in [-0.4, -0.2) is 14.5 Å². The predicted molar refractivity (Wildman–Crippen MR) is 173 cm³/mol. The molecule has 3 nitrogen and oxygen atoms in total. The molecule has 2 heterocycles. The quantitative estimate of drug-likeness (QED) is 0.209. The standard InChI is InChI=1S/C38H29N3/c1-38(2,3)41-34-19-11-10-16-29(34)32-22-24(20-21-35(32)41)25-12-4-7-15-28(25)33-23-39-36-30-17-8-5-13-26(30)27-14-6-9-18-31(27)37(36)40-33/h4-23H,1-3H3. The van der Waals surface area contributed by atoms with Crippen LogP contribution < -0.4 is 0 Å². The molecule has 0 spiro atoms. The van der Waals surface area contributed by atoms with E-state index in [9.17, 15) is 0 Å². The molecule has 0 atom stereocenters. The van der Waals surface area contributed by atoms with Gasteiger partial charge in [0.05, 0.1) is 22.9 Å². The molecule has 41 heavy (non-hydrogen) atoms. The van der Waals surface area contributed by atoms with Gasteiger partial charge in [-0.15, -0.1) is 0 Å². The van der Waals surface area contributed by atoms with Crippen molar-refractivity contribution in [1.29, 1.82) is 0 Å². The van der Waals surface area contributed by atoms with E-state index in [4.69, 9.17) is 9.97 Å². The zero-order valence-electron chi connectivity index (χ0n) is 23.4. The van der Waals surface area contributed by atoms with Crippen molar-refractivity contribution >= 4 is 54.4 Å². The topological polar surface area (TPSA) is 30.7 Å². The summed E-state index contributed by atoms with van der Waals surface area (Å²) in [5.41, 5.74) is 8.66. The average molecular weight is 528 g/mol. The maximum absolute atomic E-state index is 5.29. The molecule has 2 aromatic heterocycles. The summed E-state index contributed by atoms with van der Waals surface area (Å²) >= 11 is 0. The van der Waals surface area contributed by atoms with Gasteiger partial charge < -0.3 is 4.57 Å². The zero-order chi connectivity index (χ0) is 27.7. The summed E-state index contributed by atoms with van der Waals surface area (Å²) in [5, 5.41) is 7.22. The van der Waals surface area contributed by atoms with E-state index in [0.29, 0.717) is 0 Å². The Morgan fingerprint density at radius 3 is 1.78 bits per heavy atom. The third kappa shape index (κ3) is 3.59. The van der Waals surface area contributed by atoms with Gasteiger partial charge in [0.25, 0.3) is 0 Å². The van der Waals surface area contributed by atoms with E-state index in [1.807, 2.05) is 6.20 Å². The van der Waals surface area contributed by atoms with Crippen LogP contribution in [0.1, 0.15) is 20.8 Å². The van der Waals surface area contributed by atoms with Crippen LogP contribution in [0.25, 0.3) is 76.8 Å². The van der Waals surface area contributed by atoms with Crippen molar-refractivity contribution < 1.29 is 0 Å². The number of nitrogens with zero attached hydrogens (tertiary/aromatic N) is 3. The fourth-order valence-electron chi connectivity index (χ4n) is 6.57. The Labute approximate surface area is 238 Å². The number of aromatic nitrogens is 3. The summed E-state index contributed by atoms with van der Waals surface area (Å²) in [6.07, 6.45) is 1.94. The molecule has 3 heteroatoms. The van der Waals surface area contributed by atoms with Gasteiger partial charge in [0.1, 0.15) is 0 Å². The Hall–Kier alpha value is -5.02. The number of hydrogen-bond donors (Lipinski definition) is 0. The molecule has 8 aromatic rings. The molecule has 0 bridgehead atoms. The molecule has 0 aliphatic rings. The monoisotopic (exact) mass is 527 g/mol. The van der Waals surface area contributed by atoms with Gasteiger partial charge in [-0.3, -0.25) is 4.98 Å². The molecular formula is C38H29N3.